The molecule has 28 heavy (non-hydrogen) atoms. The average molecular weight is 384 g/mol. The van der Waals surface area contributed by atoms with E-state index in [9.17, 15) is 13.2 Å². The van der Waals surface area contributed by atoms with Crippen molar-refractivity contribution in [3.8, 4) is 28.0 Å². The number of aryl methyl sites for hydroxylation is 1. The van der Waals surface area contributed by atoms with E-state index in [1.165, 1.54) is 37.0 Å². The number of benzene rings is 3. The molecule has 0 saturated heterocycles. The first-order valence-corrected chi connectivity index (χ1v) is 9.51. The zero-order valence-corrected chi connectivity index (χ0v) is 15.8. The third-order valence-corrected chi connectivity index (χ3v) is 4.72. The molecule has 0 heterocycles. The smallest absolute Gasteiger partial charge is 0.387 e. The number of alkyl halides is 2. The Bertz CT molecular complexity index is 887. The van der Waals surface area contributed by atoms with Crippen molar-refractivity contribution < 1.29 is 17.9 Å². The van der Waals surface area contributed by atoms with Crippen molar-refractivity contribution in [1.29, 1.82) is 0 Å². The number of halogens is 3. The molecule has 4 heteroatoms. The zero-order chi connectivity index (χ0) is 19.9. The molecule has 0 atom stereocenters. The highest BCUT2D eigenvalue weighted by Crippen LogP contribution is 2.29. The van der Waals surface area contributed by atoms with Gasteiger partial charge in [-0.05, 0) is 52.8 Å². The van der Waals surface area contributed by atoms with Crippen LogP contribution >= 0.6 is 0 Å². The van der Waals surface area contributed by atoms with Gasteiger partial charge in [-0.1, -0.05) is 74.4 Å². The molecule has 146 valence electrons. The molecule has 0 fully saturated rings. The molecular weight excluding hydrogens is 361 g/mol. The van der Waals surface area contributed by atoms with Crippen molar-refractivity contribution in [1.82, 2.24) is 0 Å². The molecular formula is C24H23F3O. The molecule has 0 aliphatic carbocycles. The lowest BCUT2D eigenvalue weighted by atomic mass is 9.98. The Hall–Kier alpha value is -2.75. The van der Waals surface area contributed by atoms with E-state index in [1.54, 1.807) is 6.07 Å². The number of unbranched alkanes of at least 4 members (excludes halogenated alkanes) is 2. The lowest BCUT2D eigenvalue weighted by Gasteiger charge is -2.09. The molecule has 0 amide bonds. The number of hydrogen-bond acceptors (Lipinski definition) is 1. The number of rotatable bonds is 8. The van der Waals surface area contributed by atoms with Gasteiger partial charge < -0.3 is 4.74 Å². The topological polar surface area (TPSA) is 9.23 Å². The summed E-state index contributed by atoms with van der Waals surface area (Å²) in [6, 6.07) is 20.3. The Morgan fingerprint density at radius 1 is 0.750 bits per heavy atom. The van der Waals surface area contributed by atoms with Gasteiger partial charge in [0.2, 0.25) is 0 Å². The van der Waals surface area contributed by atoms with Gasteiger partial charge in [-0.15, -0.1) is 0 Å². The fourth-order valence-corrected chi connectivity index (χ4v) is 3.17. The average Bonchev–Trinajstić information content (AvgIpc) is 2.70. The molecule has 0 aromatic heterocycles. The summed E-state index contributed by atoms with van der Waals surface area (Å²) in [6.07, 6.45) is 4.78. The second kappa shape index (κ2) is 9.45. The van der Waals surface area contributed by atoms with Gasteiger partial charge in [0.15, 0.2) is 11.6 Å². The van der Waals surface area contributed by atoms with Gasteiger partial charge in [-0.25, -0.2) is 4.39 Å². The zero-order valence-electron chi connectivity index (χ0n) is 15.8. The van der Waals surface area contributed by atoms with E-state index >= 15 is 0 Å². The van der Waals surface area contributed by atoms with Crippen LogP contribution in [-0.2, 0) is 6.42 Å². The van der Waals surface area contributed by atoms with Crippen LogP contribution in [0, 0.1) is 5.82 Å². The second-order valence-electron chi connectivity index (χ2n) is 6.76. The molecule has 0 unspecified atom stereocenters. The van der Waals surface area contributed by atoms with Gasteiger partial charge in [-0.3, -0.25) is 0 Å². The Labute approximate surface area is 163 Å². The molecule has 0 bridgehead atoms. The molecule has 0 N–H and O–H groups in total. The van der Waals surface area contributed by atoms with Crippen molar-refractivity contribution in [2.45, 2.75) is 39.2 Å². The summed E-state index contributed by atoms with van der Waals surface area (Å²) in [7, 11) is 0. The summed E-state index contributed by atoms with van der Waals surface area (Å²) in [5.41, 5.74) is 4.95. The largest absolute Gasteiger partial charge is 0.432 e. The first-order valence-electron chi connectivity index (χ1n) is 9.51. The van der Waals surface area contributed by atoms with Gasteiger partial charge >= 0.3 is 6.61 Å². The highest BCUT2D eigenvalue weighted by atomic mass is 19.3. The predicted octanol–water partition coefficient (Wildman–Crippen LogP) is 7.49. The van der Waals surface area contributed by atoms with Crippen LogP contribution < -0.4 is 4.74 Å². The number of ether oxygens (including phenoxy) is 1. The SMILES string of the molecule is CCCCCc1ccc(-c2ccc(-c3ccc(OC(F)F)c(F)c3)cc2)cc1. The fourth-order valence-electron chi connectivity index (χ4n) is 3.17. The van der Waals surface area contributed by atoms with Gasteiger partial charge in [0.1, 0.15) is 0 Å². The minimum atomic E-state index is -3.04. The molecule has 1 nitrogen and oxygen atoms in total. The van der Waals surface area contributed by atoms with Gasteiger partial charge in [0.25, 0.3) is 0 Å². The molecule has 0 radical (unpaired) electrons. The molecule has 3 aromatic rings. The van der Waals surface area contributed by atoms with Crippen molar-refractivity contribution >= 4 is 0 Å². The maximum absolute atomic E-state index is 13.9. The minimum Gasteiger partial charge on any atom is -0.432 e. The molecule has 3 rings (SSSR count). The summed E-state index contributed by atoms with van der Waals surface area (Å²) in [5, 5.41) is 0. The Morgan fingerprint density at radius 2 is 1.29 bits per heavy atom. The second-order valence-corrected chi connectivity index (χ2v) is 6.76. The fraction of sp³-hybridized carbons (Fsp3) is 0.250. The third kappa shape index (κ3) is 5.16. The Balaban J connectivity index is 1.72. The van der Waals surface area contributed by atoms with Crippen LogP contribution in [-0.4, -0.2) is 6.61 Å². The number of hydrogen-bond donors (Lipinski definition) is 0. The van der Waals surface area contributed by atoms with E-state index in [2.05, 4.69) is 35.9 Å². The van der Waals surface area contributed by atoms with Crippen LogP contribution in [0.4, 0.5) is 13.2 Å². The van der Waals surface area contributed by atoms with Gasteiger partial charge in [-0.2, -0.15) is 8.78 Å². The normalized spacial score (nSPS) is 11.0. The quantitative estimate of drug-likeness (QED) is 0.366. The summed E-state index contributed by atoms with van der Waals surface area (Å²) in [5.74, 6) is -1.25. The lowest BCUT2D eigenvalue weighted by molar-refractivity contribution is -0.0521. The van der Waals surface area contributed by atoms with Crippen molar-refractivity contribution in [3.05, 3.63) is 78.1 Å². The van der Waals surface area contributed by atoms with Crippen LogP contribution in [0.2, 0.25) is 0 Å². The summed E-state index contributed by atoms with van der Waals surface area (Å²) in [6.45, 7) is -0.843. The summed E-state index contributed by atoms with van der Waals surface area (Å²) in [4.78, 5) is 0. The third-order valence-electron chi connectivity index (χ3n) is 4.72. The first-order chi connectivity index (χ1) is 13.6. The maximum Gasteiger partial charge on any atom is 0.387 e. The van der Waals surface area contributed by atoms with E-state index in [-0.39, 0.29) is 0 Å². The minimum absolute atomic E-state index is 0.450. The monoisotopic (exact) mass is 384 g/mol. The predicted molar refractivity (Wildman–Crippen MR) is 107 cm³/mol. The maximum atomic E-state index is 13.9. The van der Waals surface area contributed by atoms with Crippen molar-refractivity contribution in [2.75, 3.05) is 0 Å². The Morgan fingerprint density at radius 3 is 1.82 bits per heavy atom. The molecule has 0 spiro atoms. The molecule has 0 aliphatic rings. The summed E-state index contributed by atoms with van der Waals surface area (Å²) >= 11 is 0. The Kier molecular flexibility index (Phi) is 6.75. The summed E-state index contributed by atoms with van der Waals surface area (Å²) < 4.78 is 42.6. The van der Waals surface area contributed by atoms with Crippen LogP contribution in [0.1, 0.15) is 31.7 Å². The van der Waals surface area contributed by atoms with Crippen molar-refractivity contribution in [2.24, 2.45) is 0 Å². The highest BCUT2D eigenvalue weighted by Gasteiger charge is 2.11. The van der Waals surface area contributed by atoms with Gasteiger partial charge in [0.05, 0.1) is 0 Å². The van der Waals surface area contributed by atoms with E-state index in [4.69, 9.17) is 0 Å². The molecule has 0 saturated carbocycles. The van der Waals surface area contributed by atoms with E-state index < -0.39 is 18.2 Å². The van der Waals surface area contributed by atoms with E-state index in [0.717, 1.165) is 23.1 Å². The molecule has 3 aromatic carbocycles. The van der Waals surface area contributed by atoms with Crippen LogP contribution in [0.25, 0.3) is 22.3 Å². The molecule has 0 aliphatic heterocycles. The van der Waals surface area contributed by atoms with E-state index in [1.807, 2.05) is 24.3 Å². The first kappa shape index (κ1) is 20.0. The van der Waals surface area contributed by atoms with Crippen LogP contribution in [0.5, 0.6) is 5.75 Å². The highest BCUT2D eigenvalue weighted by molar-refractivity contribution is 5.71. The standard InChI is InChI=1S/C24H23F3O/c1-2-3-4-5-17-6-8-18(9-7-17)19-10-12-20(13-11-19)21-14-15-23(22(25)16-21)28-24(26)27/h6-16,24H,2-5H2,1H3. The van der Waals surface area contributed by atoms with Crippen LogP contribution in [0.15, 0.2) is 66.7 Å². The van der Waals surface area contributed by atoms with Crippen molar-refractivity contribution in [3.63, 3.8) is 0 Å². The van der Waals surface area contributed by atoms with Gasteiger partial charge in [0, 0.05) is 0 Å². The van der Waals surface area contributed by atoms with E-state index in [0.29, 0.717) is 5.56 Å². The van der Waals surface area contributed by atoms with Crippen LogP contribution in [0.3, 0.4) is 0 Å². The lowest BCUT2D eigenvalue weighted by Crippen LogP contribution is -2.03.